The molecule has 1 aromatic carbocycles. The van der Waals surface area contributed by atoms with E-state index in [1.165, 1.54) is 29.2 Å². The molecule has 4 rings (SSSR count). The summed E-state index contributed by atoms with van der Waals surface area (Å²) >= 11 is 1.24. The summed E-state index contributed by atoms with van der Waals surface area (Å²) in [7, 11) is 1.41. The number of aromatic amines is 1. The summed E-state index contributed by atoms with van der Waals surface area (Å²) in [6.45, 7) is 0.149. The summed E-state index contributed by atoms with van der Waals surface area (Å²) in [5.41, 5.74) is 5.58. The van der Waals surface area contributed by atoms with Crippen LogP contribution in [0.2, 0.25) is 0 Å². The second kappa shape index (κ2) is 7.84. The lowest BCUT2D eigenvalue weighted by Crippen LogP contribution is -2.39. The minimum atomic E-state index is -0.751. The van der Waals surface area contributed by atoms with Crippen LogP contribution in [0.1, 0.15) is 16.1 Å². The zero-order valence-electron chi connectivity index (χ0n) is 15.9. The first kappa shape index (κ1) is 19.4. The van der Waals surface area contributed by atoms with Gasteiger partial charge in [0, 0.05) is 12.4 Å². The van der Waals surface area contributed by atoms with E-state index in [4.69, 9.17) is 10.2 Å². The molecule has 0 atom stereocenters. The van der Waals surface area contributed by atoms with Crippen LogP contribution in [0, 0.1) is 0 Å². The van der Waals surface area contributed by atoms with E-state index in [1.54, 1.807) is 17.5 Å². The maximum atomic E-state index is 12.9. The molecule has 0 fully saturated rings. The van der Waals surface area contributed by atoms with Gasteiger partial charge >= 0.3 is 5.69 Å². The van der Waals surface area contributed by atoms with Gasteiger partial charge in [-0.15, -0.1) is 11.3 Å². The van der Waals surface area contributed by atoms with Crippen LogP contribution in [0.5, 0.6) is 0 Å². The van der Waals surface area contributed by atoms with Gasteiger partial charge < -0.3 is 15.1 Å². The molecule has 0 aliphatic rings. The number of nitrogens with two attached hydrogens (primary N) is 1. The number of carbonyl (C=O) groups excluding carboxylic acids is 1. The number of nitrogen functional groups attached to an aromatic ring is 1. The molecule has 1 amide bonds. The van der Waals surface area contributed by atoms with Gasteiger partial charge in [0.25, 0.3) is 11.5 Å². The fourth-order valence-electron chi connectivity index (χ4n) is 2.98. The van der Waals surface area contributed by atoms with E-state index in [0.717, 1.165) is 10.5 Å². The zero-order chi connectivity index (χ0) is 21.3. The number of benzene rings is 1. The molecule has 0 saturated heterocycles. The van der Waals surface area contributed by atoms with Crippen molar-refractivity contribution >= 4 is 28.7 Å². The van der Waals surface area contributed by atoms with Crippen molar-refractivity contribution < 1.29 is 9.21 Å². The number of thiazole rings is 1. The third-order valence-corrected chi connectivity index (χ3v) is 5.35. The molecule has 0 aliphatic carbocycles. The molecule has 10 heteroatoms. The number of carbonyl (C=O) groups is 1. The number of anilines is 2. The summed E-state index contributed by atoms with van der Waals surface area (Å²) in [5, 5.41) is 2.11. The van der Waals surface area contributed by atoms with E-state index >= 15 is 0 Å². The minimum Gasteiger partial charge on any atom is -0.462 e. The molecular weight excluding hydrogens is 406 g/mol. The first-order valence-electron chi connectivity index (χ1n) is 8.89. The molecule has 152 valence electrons. The fraction of sp³-hybridized carbons (Fsp3) is 0.100. The van der Waals surface area contributed by atoms with Crippen LogP contribution in [0.15, 0.2) is 68.1 Å². The predicted molar refractivity (Wildman–Crippen MR) is 114 cm³/mol. The number of nitrogens with one attached hydrogen (secondary N) is 1. The van der Waals surface area contributed by atoms with Crippen LogP contribution >= 0.6 is 11.3 Å². The van der Waals surface area contributed by atoms with Crippen molar-refractivity contribution in [1.29, 1.82) is 0 Å². The Morgan fingerprint density at radius 1 is 1.23 bits per heavy atom. The van der Waals surface area contributed by atoms with Crippen LogP contribution in [-0.4, -0.2) is 27.5 Å². The highest BCUT2D eigenvalue weighted by Crippen LogP contribution is 2.25. The molecule has 0 radical (unpaired) electrons. The Morgan fingerprint density at radius 3 is 2.70 bits per heavy atom. The molecular formula is C20H17N5O4S. The number of nitrogens with zero attached hydrogens (tertiary/aromatic N) is 3. The molecule has 3 heterocycles. The SMILES string of the molecule is CN(C(=O)c1csc(-c2ccco2)n1)c1c(N)n(Cc2ccccc2)c(=O)[nH]c1=O. The van der Waals surface area contributed by atoms with Crippen LogP contribution in [-0.2, 0) is 6.54 Å². The normalized spacial score (nSPS) is 10.8. The third-order valence-electron chi connectivity index (χ3n) is 4.49. The van der Waals surface area contributed by atoms with Crippen LogP contribution < -0.4 is 21.9 Å². The number of H-pyrrole nitrogens is 1. The van der Waals surface area contributed by atoms with Crippen molar-refractivity contribution in [3.05, 3.63) is 86.2 Å². The van der Waals surface area contributed by atoms with Crippen molar-refractivity contribution in [2.45, 2.75) is 6.54 Å². The summed E-state index contributed by atoms with van der Waals surface area (Å²) in [6.07, 6.45) is 1.51. The highest BCUT2D eigenvalue weighted by Gasteiger charge is 2.24. The molecule has 0 bridgehead atoms. The largest absolute Gasteiger partial charge is 0.462 e. The van der Waals surface area contributed by atoms with Gasteiger partial charge in [0.1, 0.15) is 11.5 Å². The van der Waals surface area contributed by atoms with Crippen molar-refractivity contribution in [3.63, 3.8) is 0 Å². The number of amides is 1. The zero-order valence-corrected chi connectivity index (χ0v) is 16.7. The fourth-order valence-corrected chi connectivity index (χ4v) is 3.74. The molecule has 0 aliphatic heterocycles. The van der Waals surface area contributed by atoms with Gasteiger partial charge in [0.15, 0.2) is 16.5 Å². The van der Waals surface area contributed by atoms with Gasteiger partial charge in [-0.05, 0) is 17.7 Å². The van der Waals surface area contributed by atoms with Gasteiger partial charge in [-0.2, -0.15) is 0 Å². The average Bonchev–Trinajstić information content (AvgIpc) is 3.42. The summed E-state index contributed by atoms with van der Waals surface area (Å²) < 4.78 is 6.50. The molecule has 30 heavy (non-hydrogen) atoms. The first-order chi connectivity index (χ1) is 14.5. The first-order valence-corrected chi connectivity index (χ1v) is 9.77. The Labute approximate surface area is 174 Å². The average molecular weight is 423 g/mol. The van der Waals surface area contributed by atoms with Crippen molar-refractivity contribution in [1.82, 2.24) is 14.5 Å². The van der Waals surface area contributed by atoms with Gasteiger partial charge in [-0.25, -0.2) is 9.78 Å². The predicted octanol–water partition coefficient (Wildman–Crippen LogP) is 2.16. The number of rotatable bonds is 5. The second-order valence-electron chi connectivity index (χ2n) is 6.44. The third kappa shape index (κ3) is 3.55. The summed E-state index contributed by atoms with van der Waals surface area (Å²) in [6, 6.07) is 12.6. The quantitative estimate of drug-likeness (QED) is 0.506. The molecule has 0 unspecified atom stereocenters. The van der Waals surface area contributed by atoms with Crippen LogP contribution in [0.25, 0.3) is 10.8 Å². The summed E-state index contributed by atoms with van der Waals surface area (Å²) in [4.78, 5) is 45.3. The molecule has 3 aromatic heterocycles. The molecule has 9 nitrogen and oxygen atoms in total. The van der Waals surface area contributed by atoms with Crippen molar-refractivity contribution in [2.75, 3.05) is 17.7 Å². The minimum absolute atomic E-state index is 0.107. The van der Waals surface area contributed by atoms with Crippen molar-refractivity contribution in [3.8, 4) is 10.8 Å². The standard InChI is InChI=1S/C20H17N5O4S/c1-24(19(27)13-11-30-18(22-13)14-8-5-9-29-14)15-16(21)25(20(28)23-17(15)26)10-12-6-3-2-4-7-12/h2-9,11H,10,21H2,1H3,(H,23,26,28). The van der Waals surface area contributed by atoms with E-state index < -0.39 is 17.2 Å². The van der Waals surface area contributed by atoms with Crippen molar-refractivity contribution in [2.24, 2.45) is 0 Å². The lowest BCUT2D eigenvalue weighted by Gasteiger charge is -2.19. The Morgan fingerprint density at radius 2 is 2.00 bits per heavy atom. The second-order valence-corrected chi connectivity index (χ2v) is 7.30. The maximum absolute atomic E-state index is 12.9. The molecule has 0 spiro atoms. The number of aromatic nitrogens is 3. The lowest BCUT2D eigenvalue weighted by atomic mass is 10.2. The lowest BCUT2D eigenvalue weighted by molar-refractivity contribution is 0.0988. The van der Waals surface area contributed by atoms with E-state index in [0.29, 0.717) is 10.8 Å². The van der Waals surface area contributed by atoms with Gasteiger partial charge in [0.2, 0.25) is 0 Å². The van der Waals surface area contributed by atoms with E-state index in [-0.39, 0.29) is 23.7 Å². The van der Waals surface area contributed by atoms with Gasteiger partial charge in [0.05, 0.1) is 12.8 Å². The summed E-state index contributed by atoms with van der Waals surface area (Å²) in [5.74, 6) is -0.105. The highest BCUT2D eigenvalue weighted by molar-refractivity contribution is 7.13. The molecule has 3 N–H and O–H groups in total. The Hall–Kier alpha value is -3.92. The highest BCUT2D eigenvalue weighted by atomic mass is 32.1. The smallest absolute Gasteiger partial charge is 0.330 e. The maximum Gasteiger partial charge on any atom is 0.330 e. The Kier molecular flexibility index (Phi) is 5.07. The van der Waals surface area contributed by atoms with Crippen LogP contribution in [0.4, 0.5) is 11.5 Å². The van der Waals surface area contributed by atoms with E-state index in [1.807, 2.05) is 30.3 Å². The number of furan rings is 1. The van der Waals surface area contributed by atoms with E-state index in [2.05, 4.69) is 9.97 Å². The Bertz CT molecular complexity index is 1310. The van der Waals surface area contributed by atoms with Crippen LogP contribution in [0.3, 0.4) is 0 Å². The van der Waals surface area contributed by atoms with Gasteiger partial charge in [-0.1, -0.05) is 30.3 Å². The number of hydrogen-bond acceptors (Lipinski definition) is 7. The monoisotopic (exact) mass is 423 g/mol. The number of hydrogen-bond donors (Lipinski definition) is 2. The molecule has 4 aromatic rings. The van der Waals surface area contributed by atoms with E-state index in [9.17, 15) is 14.4 Å². The topological polar surface area (TPSA) is 127 Å². The molecule has 0 saturated carbocycles. The van der Waals surface area contributed by atoms with Gasteiger partial charge in [-0.3, -0.25) is 19.1 Å². The Balaban J connectivity index is 1.69.